The topological polar surface area (TPSA) is 97.1 Å². The average Bonchev–Trinajstić information content (AvgIpc) is 3.19. The Balaban J connectivity index is 1.54. The molecule has 0 radical (unpaired) electrons. The zero-order chi connectivity index (χ0) is 18.3. The van der Waals surface area contributed by atoms with Gasteiger partial charge in [-0.1, -0.05) is 11.3 Å². The van der Waals surface area contributed by atoms with E-state index in [0.29, 0.717) is 18.8 Å². The number of carbonyl (C=O) groups is 2. The summed E-state index contributed by atoms with van der Waals surface area (Å²) in [6.07, 6.45) is 4.73. The van der Waals surface area contributed by atoms with Crippen LogP contribution in [0.1, 0.15) is 53.7 Å². The van der Waals surface area contributed by atoms with Gasteiger partial charge in [-0.2, -0.15) is 0 Å². The van der Waals surface area contributed by atoms with Gasteiger partial charge < -0.3 is 10.4 Å². The van der Waals surface area contributed by atoms with E-state index in [1.807, 2.05) is 6.20 Å². The van der Waals surface area contributed by atoms with Crippen LogP contribution in [0.15, 0.2) is 30.5 Å². The van der Waals surface area contributed by atoms with E-state index in [-0.39, 0.29) is 11.6 Å². The van der Waals surface area contributed by atoms with Crippen molar-refractivity contribution in [1.82, 2.24) is 20.3 Å². The number of carbonyl (C=O) groups excluding carboxylic acids is 1. The molecule has 2 fully saturated rings. The number of nitrogens with one attached hydrogen (secondary N) is 1. The molecule has 0 bridgehead atoms. The standard InChI is InChI=1S/C18H19FN4O3/c19-13-3-1-2-11(6-13)17(24)20-14-7-12(18(25)26)8-16(14)23-9-15(21-22-23)10-4-5-10/h1-3,6,9-10,12,14,16H,4-5,7-8H2,(H,20,24)(H,25,26)/t12?,14-,16+/m1/s1. The van der Waals surface area contributed by atoms with E-state index in [9.17, 15) is 19.1 Å². The van der Waals surface area contributed by atoms with Crippen molar-refractivity contribution in [2.24, 2.45) is 5.92 Å². The number of rotatable bonds is 5. The quantitative estimate of drug-likeness (QED) is 0.853. The van der Waals surface area contributed by atoms with Crippen molar-refractivity contribution in [3.63, 3.8) is 0 Å². The summed E-state index contributed by atoms with van der Waals surface area (Å²) in [7, 11) is 0. The van der Waals surface area contributed by atoms with Crippen molar-refractivity contribution < 1.29 is 19.1 Å². The fourth-order valence-electron chi connectivity index (χ4n) is 3.56. The lowest BCUT2D eigenvalue weighted by Gasteiger charge is -2.20. The summed E-state index contributed by atoms with van der Waals surface area (Å²) in [6.45, 7) is 0. The van der Waals surface area contributed by atoms with Gasteiger partial charge in [-0.15, -0.1) is 5.10 Å². The van der Waals surface area contributed by atoms with Crippen LogP contribution in [0.4, 0.5) is 4.39 Å². The molecule has 3 atom stereocenters. The predicted octanol–water partition coefficient (Wildman–Crippen LogP) is 2.13. The third-order valence-electron chi connectivity index (χ3n) is 5.14. The number of carboxylic acids is 1. The molecule has 2 aromatic rings. The Morgan fingerprint density at radius 2 is 2.08 bits per heavy atom. The first-order valence-electron chi connectivity index (χ1n) is 8.72. The summed E-state index contributed by atoms with van der Waals surface area (Å²) in [6, 6.07) is 4.74. The van der Waals surface area contributed by atoms with Gasteiger partial charge >= 0.3 is 5.97 Å². The highest BCUT2D eigenvalue weighted by atomic mass is 19.1. The molecule has 1 heterocycles. The normalized spacial score (nSPS) is 25.2. The number of amides is 1. The minimum Gasteiger partial charge on any atom is -0.481 e. The molecule has 2 aliphatic rings. The Bertz CT molecular complexity index is 848. The number of halogens is 1. The van der Waals surface area contributed by atoms with Gasteiger partial charge in [0.25, 0.3) is 5.91 Å². The van der Waals surface area contributed by atoms with Crippen molar-refractivity contribution in [2.75, 3.05) is 0 Å². The third kappa shape index (κ3) is 3.31. The van der Waals surface area contributed by atoms with Crippen LogP contribution in [-0.2, 0) is 4.79 Å². The van der Waals surface area contributed by atoms with Crippen LogP contribution >= 0.6 is 0 Å². The predicted molar refractivity (Wildman–Crippen MR) is 89.0 cm³/mol. The largest absolute Gasteiger partial charge is 0.481 e. The van der Waals surface area contributed by atoms with Gasteiger partial charge in [0.1, 0.15) is 5.82 Å². The second-order valence-corrected chi connectivity index (χ2v) is 7.06. The van der Waals surface area contributed by atoms with E-state index in [1.165, 1.54) is 18.2 Å². The zero-order valence-corrected chi connectivity index (χ0v) is 14.0. The fourth-order valence-corrected chi connectivity index (χ4v) is 3.56. The van der Waals surface area contributed by atoms with Crippen LogP contribution in [0, 0.1) is 11.7 Å². The maximum atomic E-state index is 13.4. The molecular formula is C18H19FN4O3. The van der Waals surface area contributed by atoms with E-state index < -0.39 is 29.7 Å². The molecule has 2 N–H and O–H groups in total. The summed E-state index contributed by atoms with van der Waals surface area (Å²) in [5.41, 5.74) is 1.12. The highest BCUT2D eigenvalue weighted by Gasteiger charge is 2.41. The molecule has 0 saturated heterocycles. The van der Waals surface area contributed by atoms with Gasteiger partial charge in [0.05, 0.1) is 23.7 Å². The summed E-state index contributed by atoms with van der Waals surface area (Å²) in [5.74, 6) is -1.92. The average molecular weight is 358 g/mol. The molecule has 136 valence electrons. The molecule has 1 unspecified atom stereocenters. The molecule has 4 rings (SSSR count). The third-order valence-corrected chi connectivity index (χ3v) is 5.14. The highest BCUT2D eigenvalue weighted by molar-refractivity contribution is 5.94. The first-order valence-corrected chi connectivity index (χ1v) is 8.72. The smallest absolute Gasteiger partial charge is 0.306 e. The molecule has 26 heavy (non-hydrogen) atoms. The van der Waals surface area contributed by atoms with Crippen molar-refractivity contribution >= 4 is 11.9 Å². The SMILES string of the molecule is O=C(N[C@@H]1CC(C(=O)O)C[C@@H]1n1cc(C2CC2)nn1)c1cccc(F)c1. The maximum absolute atomic E-state index is 13.4. The Kier molecular flexibility index (Phi) is 4.18. The van der Waals surface area contributed by atoms with Gasteiger partial charge in [0, 0.05) is 17.7 Å². The Labute approximate surface area is 149 Å². The van der Waals surface area contributed by atoms with E-state index >= 15 is 0 Å². The lowest BCUT2D eigenvalue weighted by Crippen LogP contribution is -2.38. The first kappa shape index (κ1) is 16.7. The molecule has 0 aliphatic heterocycles. The number of benzene rings is 1. The maximum Gasteiger partial charge on any atom is 0.306 e. The van der Waals surface area contributed by atoms with Gasteiger partial charge in [-0.05, 0) is 43.9 Å². The Hall–Kier alpha value is -2.77. The lowest BCUT2D eigenvalue weighted by atomic mass is 10.1. The molecule has 1 aromatic heterocycles. The fraction of sp³-hybridized carbons (Fsp3) is 0.444. The van der Waals surface area contributed by atoms with Gasteiger partial charge in [-0.3, -0.25) is 9.59 Å². The van der Waals surface area contributed by atoms with Crippen LogP contribution in [0.5, 0.6) is 0 Å². The molecule has 8 heteroatoms. The van der Waals surface area contributed by atoms with Crippen molar-refractivity contribution in [3.8, 4) is 0 Å². The summed E-state index contributed by atoms with van der Waals surface area (Å²) >= 11 is 0. The lowest BCUT2D eigenvalue weighted by molar-refractivity contribution is -0.141. The monoisotopic (exact) mass is 358 g/mol. The number of hydrogen-bond donors (Lipinski definition) is 2. The van der Waals surface area contributed by atoms with Crippen LogP contribution in [0.2, 0.25) is 0 Å². The second-order valence-electron chi connectivity index (χ2n) is 7.06. The highest BCUT2D eigenvalue weighted by Crippen LogP contribution is 2.40. The minimum atomic E-state index is -0.889. The number of aliphatic carboxylic acids is 1. The van der Waals surface area contributed by atoms with E-state index in [0.717, 1.165) is 24.6 Å². The van der Waals surface area contributed by atoms with Crippen molar-refractivity contribution in [1.29, 1.82) is 0 Å². The number of carboxylic acid groups (broad SMARTS) is 1. The second kappa shape index (κ2) is 6.51. The van der Waals surface area contributed by atoms with Crippen molar-refractivity contribution in [2.45, 2.75) is 43.7 Å². The van der Waals surface area contributed by atoms with Gasteiger partial charge in [0.15, 0.2) is 0 Å². The summed E-state index contributed by atoms with van der Waals surface area (Å²) < 4.78 is 15.0. The molecule has 1 amide bonds. The van der Waals surface area contributed by atoms with Crippen LogP contribution in [0.3, 0.4) is 0 Å². The first-order chi connectivity index (χ1) is 12.5. The van der Waals surface area contributed by atoms with Crippen LogP contribution in [-0.4, -0.2) is 38.0 Å². The van der Waals surface area contributed by atoms with Gasteiger partial charge in [0.2, 0.25) is 0 Å². The summed E-state index contributed by atoms with van der Waals surface area (Å²) in [5, 5.41) is 20.6. The molecule has 7 nitrogen and oxygen atoms in total. The molecule has 0 spiro atoms. The number of nitrogens with zero attached hydrogens (tertiary/aromatic N) is 3. The van der Waals surface area contributed by atoms with Crippen LogP contribution in [0.25, 0.3) is 0 Å². The minimum absolute atomic E-state index is 0.208. The molecule has 1 aromatic carbocycles. The molecule has 2 saturated carbocycles. The Morgan fingerprint density at radius 1 is 1.27 bits per heavy atom. The number of aromatic nitrogens is 3. The zero-order valence-electron chi connectivity index (χ0n) is 14.0. The molecule has 2 aliphatic carbocycles. The van der Waals surface area contributed by atoms with E-state index in [2.05, 4.69) is 15.6 Å². The summed E-state index contributed by atoms with van der Waals surface area (Å²) in [4.78, 5) is 23.9. The van der Waals surface area contributed by atoms with Crippen molar-refractivity contribution in [3.05, 3.63) is 47.5 Å². The van der Waals surface area contributed by atoms with E-state index in [1.54, 1.807) is 4.68 Å². The van der Waals surface area contributed by atoms with Gasteiger partial charge in [-0.25, -0.2) is 9.07 Å². The molecular weight excluding hydrogens is 339 g/mol. The van der Waals surface area contributed by atoms with Crippen LogP contribution < -0.4 is 5.32 Å². The number of hydrogen-bond acceptors (Lipinski definition) is 4. The Morgan fingerprint density at radius 3 is 2.77 bits per heavy atom. The van der Waals surface area contributed by atoms with E-state index in [4.69, 9.17) is 0 Å².